The molecule has 10 heteroatoms. The maximum absolute atomic E-state index is 14.8. The summed E-state index contributed by atoms with van der Waals surface area (Å²) in [5.74, 6) is -1.09. The van der Waals surface area contributed by atoms with Gasteiger partial charge in [0.05, 0.1) is 23.1 Å². The fourth-order valence-corrected chi connectivity index (χ4v) is 5.51. The van der Waals surface area contributed by atoms with Crippen LogP contribution in [0.2, 0.25) is 0 Å². The number of urea groups is 1. The van der Waals surface area contributed by atoms with Crippen LogP contribution in [0.25, 0.3) is 0 Å². The van der Waals surface area contributed by atoms with E-state index >= 15 is 0 Å². The molecule has 0 aliphatic carbocycles. The predicted molar refractivity (Wildman–Crippen MR) is 135 cm³/mol. The van der Waals surface area contributed by atoms with Gasteiger partial charge in [0.15, 0.2) is 0 Å². The van der Waals surface area contributed by atoms with Crippen LogP contribution in [0.5, 0.6) is 0 Å². The Morgan fingerprint density at radius 3 is 2.58 bits per heavy atom. The number of nitrogens with zero attached hydrogens (tertiary/aromatic N) is 3. The number of hydrogen-bond acceptors (Lipinski definition) is 6. The maximum Gasteiger partial charge on any atom is 0.338 e. The lowest BCUT2D eigenvalue weighted by atomic mass is 9.93. The number of likely N-dealkylation sites (N-methyl/N-ethyl adjacent to an activating group) is 1. The molecule has 1 N–H and O–H groups in total. The molecule has 2 atom stereocenters. The number of carbonyl (C=O) groups excluding carboxylic acids is 3. The van der Waals surface area contributed by atoms with Crippen LogP contribution in [-0.4, -0.2) is 78.0 Å². The summed E-state index contributed by atoms with van der Waals surface area (Å²) in [5.41, 5.74) is 0.938. The minimum Gasteiger partial charge on any atom is -0.463 e. The number of thiophene rings is 1. The summed E-state index contributed by atoms with van der Waals surface area (Å²) in [6.07, 6.45) is 0. The van der Waals surface area contributed by atoms with Crippen molar-refractivity contribution in [2.24, 2.45) is 0 Å². The molecule has 3 amide bonds. The summed E-state index contributed by atoms with van der Waals surface area (Å²) in [5, 5.41) is 4.68. The van der Waals surface area contributed by atoms with Gasteiger partial charge in [-0.2, -0.15) is 0 Å². The average Bonchev–Trinajstić information content (AvgIpc) is 3.39. The molecule has 2 aliphatic heterocycles. The summed E-state index contributed by atoms with van der Waals surface area (Å²) in [6, 6.07) is 8.38. The van der Waals surface area contributed by atoms with E-state index in [0.29, 0.717) is 43.3 Å². The summed E-state index contributed by atoms with van der Waals surface area (Å²) < 4.78 is 20.2. The summed E-state index contributed by atoms with van der Waals surface area (Å²) in [4.78, 5) is 45.4. The lowest BCUT2D eigenvalue weighted by molar-refractivity contribution is -0.139. The van der Waals surface area contributed by atoms with Crippen molar-refractivity contribution in [3.63, 3.8) is 0 Å². The number of piperazine rings is 1. The zero-order valence-corrected chi connectivity index (χ0v) is 21.5. The van der Waals surface area contributed by atoms with Gasteiger partial charge in [-0.3, -0.25) is 14.6 Å². The Bertz CT molecular complexity index is 1150. The number of nitrogens with one attached hydrogen (secondary N) is 1. The van der Waals surface area contributed by atoms with Crippen LogP contribution in [0.3, 0.4) is 0 Å². The Hall–Kier alpha value is -3.24. The highest BCUT2D eigenvalue weighted by Crippen LogP contribution is 2.33. The van der Waals surface area contributed by atoms with Crippen LogP contribution in [0.1, 0.15) is 42.0 Å². The number of carbonyl (C=O) groups is 3. The van der Waals surface area contributed by atoms with Crippen molar-refractivity contribution >= 4 is 29.2 Å². The van der Waals surface area contributed by atoms with Gasteiger partial charge in [0, 0.05) is 50.0 Å². The van der Waals surface area contributed by atoms with Crippen molar-refractivity contribution in [2.75, 3.05) is 39.3 Å². The van der Waals surface area contributed by atoms with Crippen LogP contribution in [0.4, 0.5) is 9.18 Å². The molecular weight excluding hydrogens is 483 g/mol. The van der Waals surface area contributed by atoms with Gasteiger partial charge in [-0.25, -0.2) is 14.0 Å². The highest BCUT2D eigenvalue weighted by Gasteiger charge is 2.40. The summed E-state index contributed by atoms with van der Waals surface area (Å²) in [7, 11) is 0. The van der Waals surface area contributed by atoms with E-state index < -0.39 is 23.9 Å². The molecule has 3 heterocycles. The zero-order chi connectivity index (χ0) is 25.8. The number of halogens is 1. The van der Waals surface area contributed by atoms with Crippen LogP contribution in [0, 0.1) is 5.82 Å². The molecule has 0 bridgehead atoms. The van der Waals surface area contributed by atoms with E-state index in [1.165, 1.54) is 22.3 Å². The standard InChI is InChI=1S/C26H31FN4O4S/c1-4-30-20(16-29-12-13-31(17(3)15-29)24(32)21-11-8-14-36-21)22(25(33)35-5-2)23(28-26(30)34)18-9-6-7-10-19(18)27/h6-11,14,17,23H,4-5,12-13,15-16H2,1-3H3,(H,28,34)/t17-,23-/m1/s1. The van der Waals surface area contributed by atoms with E-state index in [4.69, 9.17) is 4.74 Å². The summed E-state index contributed by atoms with van der Waals surface area (Å²) in [6.45, 7) is 7.98. The molecule has 0 unspecified atom stereocenters. The Balaban J connectivity index is 1.65. The maximum atomic E-state index is 14.8. The first-order valence-corrected chi connectivity index (χ1v) is 13.0. The normalized spacial score (nSPS) is 20.9. The molecular formula is C26H31FN4O4S. The Morgan fingerprint density at radius 1 is 1.17 bits per heavy atom. The van der Waals surface area contributed by atoms with Crippen LogP contribution in [0.15, 0.2) is 53.0 Å². The molecule has 8 nitrogen and oxygen atoms in total. The first-order valence-electron chi connectivity index (χ1n) is 12.1. The second kappa shape index (κ2) is 11.2. The highest BCUT2D eigenvalue weighted by molar-refractivity contribution is 7.12. The van der Waals surface area contributed by atoms with Crippen LogP contribution >= 0.6 is 11.3 Å². The predicted octanol–water partition coefficient (Wildman–Crippen LogP) is 3.64. The van der Waals surface area contributed by atoms with Crippen LogP contribution in [-0.2, 0) is 9.53 Å². The topological polar surface area (TPSA) is 82.2 Å². The highest BCUT2D eigenvalue weighted by atomic mass is 32.1. The number of ether oxygens (including phenoxy) is 1. The smallest absolute Gasteiger partial charge is 0.338 e. The monoisotopic (exact) mass is 514 g/mol. The molecule has 0 spiro atoms. The SMILES string of the molecule is CCOC(=O)C1=C(CN2CCN(C(=O)c3cccs3)[C@H](C)C2)N(CC)C(=O)N[C@@H]1c1ccccc1F. The van der Waals surface area contributed by atoms with Crippen molar-refractivity contribution in [2.45, 2.75) is 32.9 Å². The molecule has 4 rings (SSSR count). The van der Waals surface area contributed by atoms with E-state index in [1.807, 2.05) is 36.3 Å². The lowest BCUT2D eigenvalue weighted by Gasteiger charge is -2.42. The van der Waals surface area contributed by atoms with Crippen molar-refractivity contribution in [3.05, 3.63) is 69.3 Å². The Kier molecular flexibility index (Phi) is 8.05. The summed E-state index contributed by atoms with van der Waals surface area (Å²) >= 11 is 1.42. The van der Waals surface area contributed by atoms with Crippen molar-refractivity contribution in [3.8, 4) is 0 Å². The van der Waals surface area contributed by atoms with E-state index in [1.54, 1.807) is 25.1 Å². The molecule has 0 radical (unpaired) electrons. The first-order chi connectivity index (χ1) is 17.3. The van der Waals surface area contributed by atoms with E-state index in [9.17, 15) is 18.8 Å². The fraction of sp³-hybridized carbons (Fsp3) is 0.423. The van der Waals surface area contributed by atoms with Crippen molar-refractivity contribution in [1.82, 2.24) is 20.0 Å². The van der Waals surface area contributed by atoms with E-state index in [2.05, 4.69) is 10.2 Å². The largest absolute Gasteiger partial charge is 0.463 e. The molecule has 2 aliphatic rings. The number of hydrogen-bond donors (Lipinski definition) is 1. The van der Waals surface area contributed by atoms with Crippen molar-refractivity contribution in [1.29, 1.82) is 0 Å². The quantitative estimate of drug-likeness (QED) is 0.571. The van der Waals surface area contributed by atoms with E-state index in [-0.39, 0.29) is 29.7 Å². The second-order valence-corrected chi connectivity index (χ2v) is 9.74. The van der Waals surface area contributed by atoms with Gasteiger partial charge < -0.3 is 15.0 Å². The number of amides is 3. The van der Waals surface area contributed by atoms with Gasteiger partial charge in [-0.05, 0) is 38.3 Å². The third-order valence-corrected chi connectivity index (χ3v) is 7.40. The molecule has 0 saturated carbocycles. The molecule has 1 saturated heterocycles. The molecule has 1 aromatic carbocycles. The van der Waals surface area contributed by atoms with Gasteiger partial charge in [0.1, 0.15) is 5.82 Å². The molecule has 2 aromatic rings. The molecule has 36 heavy (non-hydrogen) atoms. The Morgan fingerprint density at radius 2 is 1.94 bits per heavy atom. The van der Waals surface area contributed by atoms with Gasteiger partial charge >= 0.3 is 12.0 Å². The number of esters is 1. The van der Waals surface area contributed by atoms with Crippen LogP contribution < -0.4 is 5.32 Å². The third-order valence-electron chi connectivity index (χ3n) is 6.54. The minimum absolute atomic E-state index is 0.00965. The average molecular weight is 515 g/mol. The van der Waals surface area contributed by atoms with Gasteiger partial charge in [0.25, 0.3) is 5.91 Å². The second-order valence-electron chi connectivity index (χ2n) is 8.79. The first kappa shape index (κ1) is 25.8. The minimum atomic E-state index is -0.963. The van der Waals surface area contributed by atoms with Gasteiger partial charge in [0.2, 0.25) is 0 Å². The lowest BCUT2D eigenvalue weighted by Crippen LogP contribution is -2.56. The van der Waals surface area contributed by atoms with E-state index in [0.717, 1.165) is 0 Å². The number of rotatable bonds is 7. The van der Waals surface area contributed by atoms with Crippen molar-refractivity contribution < 1.29 is 23.5 Å². The van der Waals surface area contributed by atoms with Gasteiger partial charge in [-0.1, -0.05) is 24.3 Å². The molecule has 1 fully saturated rings. The third kappa shape index (κ3) is 5.15. The molecule has 192 valence electrons. The van der Waals surface area contributed by atoms with Gasteiger partial charge in [-0.15, -0.1) is 11.3 Å². The fourth-order valence-electron chi connectivity index (χ4n) is 4.83. The Labute approximate surface area is 214 Å². The number of benzene rings is 1. The zero-order valence-electron chi connectivity index (χ0n) is 20.7. The molecule has 1 aromatic heterocycles.